The Morgan fingerprint density at radius 1 is 0.972 bits per heavy atom. The average Bonchev–Trinajstić information content (AvgIpc) is 3.27. The van der Waals surface area contributed by atoms with Crippen LogP contribution in [0, 0.1) is 0 Å². The summed E-state index contributed by atoms with van der Waals surface area (Å²) in [7, 11) is 0. The maximum atomic E-state index is 13.0. The van der Waals surface area contributed by atoms with Crippen LogP contribution in [0.4, 0.5) is 18.9 Å². The number of aliphatic hydroxyl groups excluding tert-OH is 1. The molecule has 1 unspecified atom stereocenters. The van der Waals surface area contributed by atoms with Crippen molar-refractivity contribution in [3.8, 4) is 0 Å². The molecule has 0 bridgehead atoms. The van der Waals surface area contributed by atoms with E-state index in [1.165, 1.54) is 12.1 Å². The lowest BCUT2D eigenvalue weighted by Gasteiger charge is -2.36. The van der Waals surface area contributed by atoms with Gasteiger partial charge in [0.15, 0.2) is 0 Å². The first kappa shape index (κ1) is 28.0. The van der Waals surface area contributed by atoms with Gasteiger partial charge in [0, 0.05) is 56.1 Å². The third-order valence-corrected chi connectivity index (χ3v) is 6.71. The van der Waals surface area contributed by atoms with Gasteiger partial charge in [-0.1, -0.05) is 24.6 Å². The molecule has 1 saturated heterocycles. The molecule has 0 aliphatic carbocycles. The molecule has 3 aromatic rings. The van der Waals surface area contributed by atoms with Gasteiger partial charge in [0.1, 0.15) is 0 Å². The number of nitrogens with zero attached hydrogens (tertiary/aromatic N) is 3. The van der Waals surface area contributed by atoms with Gasteiger partial charge in [-0.15, -0.1) is 12.4 Å². The average molecular weight is 524 g/mol. The quantitative estimate of drug-likeness (QED) is 0.359. The van der Waals surface area contributed by atoms with Crippen LogP contribution in [0.5, 0.6) is 0 Å². The van der Waals surface area contributed by atoms with Gasteiger partial charge in [-0.2, -0.15) is 13.2 Å². The van der Waals surface area contributed by atoms with E-state index in [-0.39, 0.29) is 18.3 Å². The summed E-state index contributed by atoms with van der Waals surface area (Å²) in [6.45, 7) is 5.70. The van der Waals surface area contributed by atoms with E-state index in [4.69, 9.17) is 0 Å². The topological polar surface area (TPSA) is 48.7 Å². The summed E-state index contributed by atoms with van der Waals surface area (Å²) < 4.78 is 40.6. The first-order valence-electron chi connectivity index (χ1n) is 12.2. The Morgan fingerprint density at radius 3 is 2.39 bits per heavy atom. The number of halogens is 4. The van der Waals surface area contributed by atoms with Crippen LogP contribution >= 0.6 is 12.4 Å². The van der Waals surface area contributed by atoms with E-state index in [2.05, 4.69) is 4.90 Å². The van der Waals surface area contributed by atoms with Crippen molar-refractivity contribution in [1.29, 1.82) is 0 Å². The van der Waals surface area contributed by atoms with Gasteiger partial charge in [0.05, 0.1) is 11.7 Å². The van der Waals surface area contributed by atoms with Gasteiger partial charge in [-0.3, -0.25) is 14.3 Å². The summed E-state index contributed by atoms with van der Waals surface area (Å²) in [4.78, 5) is 16.9. The number of aliphatic hydroxyl groups is 1. The van der Waals surface area contributed by atoms with E-state index in [1.807, 2.05) is 35.5 Å². The van der Waals surface area contributed by atoms with Crippen LogP contribution in [0.1, 0.15) is 54.6 Å². The third-order valence-electron chi connectivity index (χ3n) is 6.71. The summed E-state index contributed by atoms with van der Waals surface area (Å²) in [6, 6.07) is 11.3. The van der Waals surface area contributed by atoms with Crippen molar-refractivity contribution in [2.24, 2.45) is 0 Å². The minimum absolute atomic E-state index is 0. The third kappa shape index (κ3) is 7.02. The van der Waals surface area contributed by atoms with Crippen molar-refractivity contribution < 1.29 is 23.1 Å². The molecule has 36 heavy (non-hydrogen) atoms. The van der Waals surface area contributed by atoms with Crippen molar-refractivity contribution >= 4 is 34.8 Å². The molecule has 0 spiro atoms. The normalized spacial score (nSPS) is 15.6. The van der Waals surface area contributed by atoms with Crippen molar-refractivity contribution in [3.05, 3.63) is 66.0 Å². The lowest BCUT2D eigenvalue weighted by atomic mass is 10.1. The fourth-order valence-electron chi connectivity index (χ4n) is 4.59. The summed E-state index contributed by atoms with van der Waals surface area (Å²) >= 11 is 0. The summed E-state index contributed by atoms with van der Waals surface area (Å²) in [5, 5.41) is 11.7. The van der Waals surface area contributed by atoms with Gasteiger partial charge < -0.3 is 10.0 Å². The number of carbonyl (C=O) groups excluding carboxylic acids is 1. The van der Waals surface area contributed by atoms with Crippen molar-refractivity contribution in [3.63, 3.8) is 0 Å². The predicted octanol–water partition coefficient (Wildman–Crippen LogP) is 6.16. The standard InChI is InChI=1S/C27H32F3N3O2.ClH/c1-20(34)21-9-10-22-18-33(19-23(22)16-21)26(35)8-3-2-4-11-31-12-14-32(15-13-31)25-7-5-6-24(17-25)27(28,29)30;/h5-7,9-10,16-20,34H,2-4,8,11-15H2,1H3;1H. The highest BCUT2D eigenvalue weighted by Gasteiger charge is 2.31. The van der Waals surface area contributed by atoms with Gasteiger partial charge in [-0.25, -0.2) is 0 Å². The van der Waals surface area contributed by atoms with Crippen molar-refractivity contribution in [1.82, 2.24) is 9.47 Å². The zero-order chi connectivity index (χ0) is 25.0. The molecule has 1 fully saturated rings. The molecule has 9 heteroatoms. The Bertz CT molecular complexity index is 1150. The lowest BCUT2D eigenvalue weighted by molar-refractivity contribution is -0.137. The minimum Gasteiger partial charge on any atom is -0.389 e. The summed E-state index contributed by atoms with van der Waals surface area (Å²) in [5.41, 5.74) is 0.848. The number of fused-ring (bicyclic) bond motifs is 1. The maximum absolute atomic E-state index is 13.0. The number of piperazine rings is 1. The molecule has 1 N–H and O–H groups in total. The summed E-state index contributed by atoms with van der Waals surface area (Å²) in [5.74, 6) is 0.0644. The Balaban J connectivity index is 0.00000361. The molecule has 4 rings (SSSR count). The Hall–Kier alpha value is -2.55. The largest absolute Gasteiger partial charge is 0.416 e. The zero-order valence-electron chi connectivity index (χ0n) is 20.4. The number of alkyl halides is 3. The number of hydrogen-bond donors (Lipinski definition) is 1. The van der Waals surface area contributed by atoms with E-state index in [0.29, 0.717) is 25.2 Å². The number of anilines is 1. The smallest absolute Gasteiger partial charge is 0.389 e. The van der Waals surface area contributed by atoms with Crippen LogP contribution in [0.2, 0.25) is 0 Å². The number of unbranched alkanes of at least 4 members (excludes halogenated alkanes) is 2. The molecule has 1 aromatic heterocycles. The molecular formula is C27H33ClF3N3O2. The lowest BCUT2D eigenvalue weighted by Crippen LogP contribution is -2.46. The Kier molecular flexibility index (Phi) is 9.44. The van der Waals surface area contributed by atoms with Gasteiger partial charge >= 0.3 is 6.18 Å². The van der Waals surface area contributed by atoms with Crippen LogP contribution in [0.25, 0.3) is 10.8 Å². The number of aromatic nitrogens is 1. The number of benzene rings is 2. The fourth-order valence-corrected chi connectivity index (χ4v) is 4.59. The van der Waals surface area contributed by atoms with Crippen molar-refractivity contribution in [2.75, 3.05) is 37.6 Å². The second-order valence-electron chi connectivity index (χ2n) is 9.31. The first-order chi connectivity index (χ1) is 16.7. The van der Waals surface area contributed by atoms with Crippen LogP contribution in [0.15, 0.2) is 54.9 Å². The van der Waals surface area contributed by atoms with Crippen LogP contribution in [-0.2, 0) is 6.18 Å². The van der Waals surface area contributed by atoms with Gasteiger partial charge in [-0.05, 0) is 61.5 Å². The second kappa shape index (κ2) is 12.1. The van der Waals surface area contributed by atoms with E-state index in [9.17, 15) is 23.1 Å². The van der Waals surface area contributed by atoms with Gasteiger partial charge in [0.25, 0.3) is 0 Å². The SMILES string of the molecule is CC(O)c1ccc2cn(C(=O)CCCCCN3CCN(c4cccc(C(F)(F)F)c4)CC3)cc2c1.Cl. The molecule has 1 atom stereocenters. The fraction of sp³-hybridized carbons (Fsp3) is 0.444. The van der Waals surface area contributed by atoms with Crippen LogP contribution < -0.4 is 4.90 Å². The molecule has 0 amide bonds. The highest BCUT2D eigenvalue weighted by atomic mass is 35.5. The Morgan fingerprint density at radius 2 is 1.69 bits per heavy atom. The minimum atomic E-state index is -4.32. The van der Waals surface area contributed by atoms with E-state index in [0.717, 1.165) is 61.3 Å². The zero-order valence-corrected chi connectivity index (χ0v) is 21.2. The van der Waals surface area contributed by atoms with Crippen LogP contribution in [0.3, 0.4) is 0 Å². The number of rotatable bonds is 8. The second-order valence-corrected chi connectivity index (χ2v) is 9.31. The van der Waals surface area contributed by atoms with E-state index >= 15 is 0 Å². The van der Waals surface area contributed by atoms with E-state index < -0.39 is 17.8 Å². The molecule has 5 nitrogen and oxygen atoms in total. The molecule has 0 saturated carbocycles. The summed E-state index contributed by atoms with van der Waals surface area (Å²) in [6.07, 6.45) is 2.04. The molecule has 2 aromatic carbocycles. The molecule has 196 valence electrons. The van der Waals surface area contributed by atoms with Gasteiger partial charge in [0.2, 0.25) is 5.91 Å². The highest BCUT2D eigenvalue weighted by molar-refractivity contribution is 5.89. The molecule has 0 radical (unpaired) electrons. The number of hydrogen-bond acceptors (Lipinski definition) is 4. The predicted molar refractivity (Wildman–Crippen MR) is 139 cm³/mol. The van der Waals surface area contributed by atoms with Crippen LogP contribution in [-0.4, -0.2) is 53.2 Å². The first-order valence-corrected chi connectivity index (χ1v) is 12.2. The highest BCUT2D eigenvalue weighted by Crippen LogP contribution is 2.32. The van der Waals surface area contributed by atoms with Crippen molar-refractivity contribution in [2.45, 2.75) is 44.9 Å². The molecular weight excluding hydrogens is 491 g/mol. The molecule has 1 aliphatic rings. The maximum Gasteiger partial charge on any atom is 0.416 e. The molecule has 2 heterocycles. The monoisotopic (exact) mass is 523 g/mol. The molecule has 1 aliphatic heterocycles. The van der Waals surface area contributed by atoms with E-state index in [1.54, 1.807) is 17.6 Å². The number of carbonyl (C=O) groups is 1. The Labute approximate surface area is 215 Å².